The van der Waals surface area contributed by atoms with Crippen LogP contribution in [-0.2, 0) is 6.54 Å². The Hall–Kier alpha value is -3.44. The Bertz CT molecular complexity index is 1330. The number of aromatic nitrogens is 1. The van der Waals surface area contributed by atoms with Gasteiger partial charge in [0.25, 0.3) is 5.91 Å². The first kappa shape index (κ1) is 20.8. The fourth-order valence-electron chi connectivity index (χ4n) is 3.57. The van der Waals surface area contributed by atoms with Gasteiger partial charge in [-0.15, -0.1) is 0 Å². The lowest BCUT2D eigenvalue weighted by molar-refractivity contribution is 0.0955. The van der Waals surface area contributed by atoms with Crippen LogP contribution in [-0.4, -0.2) is 16.7 Å². The molecule has 31 heavy (non-hydrogen) atoms. The maximum Gasteiger partial charge on any atom is 0.271 e. The molecular weight excluding hydrogens is 499 g/mol. The van der Waals surface area contributed by atoms with Crippen molar-refractivity contribution in [3.63, 3.8) is 0 Å². The van der Waals surface area contributed by atoms with E-state index >= 15 is 0 Å². The van der Waals surface area contributed by atoms with Crippen molar-refractivity contribution in [1.29, 1.82) is 5.26 Å². The number of hydrogen-bond acceptors (Lipinski definition) is 3. The zero-order chi connectivity index (χ0) is 21.8. The molecule has 1 aromatic heterocycles. The standard InChI is InChI=1S/C25H19IN4O/c1-17-23(15-28-29-25(31)20-9-11-21(26)12-10-20)22-7-2-3-8-24(22)30(17)16-19-6-4-5-18(13-19)14-27/h2-13,15H,16H2,1H3,(H,29,31)/b28-15-. The van der Waals surface area contributed by atoms with Gasteiger partial charge >= 0.3 is 0 Å². The third-order valence-electron chi connectivity index (χ3n) is 5.14. The highest BCUT2D eigenvalue weighted by Crippen LogP contribution is 2.25. The summed E-state index contributed by atoms with van der Waals surface area (Å²) in [5.41, 5.74) is 7.95. The van der Waals surface area contributed by atoms with Crippen molar-refractivity contribution in [1.82, 2.24) is 9.99 Å². The summed E-state index contributed by atoms with van der Waals surface area (Å²) in [4.78, 5) is 12.3. The van der Waals surface area contributed by atoms with Gasteiger partial charge < -0.3 is 4.57 Å². The molecule has 0 aliphatic heterocycles. The zero-order valence-electron chi connectivity index (χ0n) is 16.8. The molecule has 0 aliphatic rings. The van der Waals surface area contributed by atoms with Gasteiger partial charge in [0.1, 0.15) is 0 Å². The monoisotopic (exact) mass is 518 g/mol. The molecule has 6 heteroatoms. The highest BCUT2D eigenvalue weighted by molar-refractivity contribution is 14.1. The minimum Gasteiger partial charge on any atom is -0.340 e. The Morgan fingerprint density at radius 2 is 1.90 bits per heavy atom. The Morgan fingerprint density at radius 1 is 1.13 bits per heavy atom. The van der Waals surface area contributed by atoms with E-state index in [0.717, 1.165) is 31.3 Å². The predicted octanol–water partition coefficient (Wildman–Crippen LogP) is 5.24. The van der Waals surface area contributed by atoms with Gasteiger partial charge in [-0.25, -0.2) is 5.43 Å². The molecule has 1 heterocycles. The van der Waals surface area contributed by atoms with Crippen molar-refractivity contribution in [3.8, 4) is 6.07 Å². The molecule has 0 spiro atoms. The lowest BCUT2D eigenvalue weighted by Crippen LogP contribution is -2.17. The van der Waals surface area contributed by atoms with Crippen molar-refractivity contribution < 1.29 is 4.79 Å². The number of benzene rings is 3. The molecule has 152 valence electrons. The average molecular weight is 518 g/mol. The Kier molecular flexibility index (Phi) is 6.14. The van der Waals surface area contributed by atoms with Crippen molar-refractivity contribution in [2.45, 2.75) is 13.5 Å². The van der Waals surface area contributed by atoms with E-state index in [1.54, 1.807) is 24.4 Å². The number of carbonyl (C=O) groups excluding carboxylic acids is 1. The number of carbonyl (C=O) groups is 1. The molecule has 0 fully saturated rings. The van der Waals surface area contributed by atoms with Crippen LogP contribution in [0.25, 0.3) is 10.9 Å². The van der Waals surface area contributed by atoms with Crippen LogP contribution >= 0.6 is 22.6 Å². The van der Waals surface area contributed by atoms with E-state index in [1.807, 2.05) is 55.5 Å². The first-order valence-corrected chi connectivity index (χ1v) is 10.8. The highest BCUT2D eigenvalue weighted by atomic mass is 127. The van der Waals surface area contributed by atoms with Gasteiger partial charge in [0.2, 0.25) is 0 Å². The van der Waals surface area contributed by atoms with E-state index < -0.39 is 0 Å². The van der Waals surface area contributed by atoms with E-state index in [2.05, 4.69) is 49.8 Å². The van der Waals surface area contributed by atoms with Crippen LogP contribution in [0.5, 0.6) is 0 Å². The minimum absolute atomic E-state index is 0.248. The summed E-state index contributed by atoms with van der Waals surface area (Å²) in [6.07, 6.45) is 1.70. The third kappa shape index (κ3) is 4.52. The van der Waals surface area contributed by atoms with Crippen LogP contribution in [0.15, 0.2) is 77.9 Å². The average Bonchev–Trinajstić information content (AvgIpc) is 3.05. The van der Waals surface area contributed by atoms with Crippen LogP contribution < -0.4 is 5.43 Å². The summed E-state index contributed by atoms with van der Waals surface area (Å²) in [6.45, 7) is 2.68. The zero-order valence-corrected chi connectivity index (χ0v) is 19.0. The molecule has 0 aliphatic carbocycles. The fourth-order valence-corrected chi connectivity index (χ4v) is 3.93. The second-order valence-electron chi connectivity index (χ2n) is 7.12. The SMILES string of the molecule is Cc1c(/C=N\NC(=O)c2ccc(I)cc2)c2ccccc2n1Cc1cccc(C#N)c1. The summed E-state index contributed by atoms with van der Waals surface area (Å²) in [5, 5.41) is 14.5. The summed E-state index contributed by atoms with van der Waals surface area (Å²) in [6, 6.07) is 25.3. The largest absolute Gasteiger partial charge is 0.340 e. The molecule has 1 amide bonds. The summed E-state index contributed by atoms with van der Waals surface area (Å²) >= 11 is 2.20. The van der Waals surface area contributed by atoms with Gasteiger partial charge in [0, 0.05) is 37.8 Å². The number of nitrogens with one attached hydrogen (secondary N) is 1. The van der Waals surface area contributed by atoms with Gasteiger partial charge in [-0.2, -0.15) is 10.4 Å². The van der Waals surface area contributed by atoms with E-state index in [-0.39, 0.29) is 5.91 Å². The molecule has 0 saturated heterocycles. The van der Waals surface area contributed by atoms with Crippen LogP contribution in [0.1, 0.15) is 32.7 Å². The molecule has 0 unspecified atom stereocenters. The van der Waals surface area contributed by atoms with Crippen molar-refractivity contribution in [2.24, 2.45) is 5.10 Å². The molecule has 4 rings (SSSR count). The van der Waals surface area contributed by atoms with Crippen LogP contribution in [0.2, 0.25) is 0 Å². The first-order chi connectivity index (χ1) is 15.1. The van der Waals surface area contributed by atoms with Crippen molar-refractivity contribution in [2.75, 3.05) is 0 Å². The number of hydrazone groups is 1. The van der Waals surface area contributed by atoms with E-state index in [4.69, 9.17) is 0 Å². The molecule has 0 atom stereocenters. The van der Waals surface area contributed by atoms with Gasteiger partial charge in [0.15, 0.2) is 0 Å². The maximum atomic E-state index is 12.3. The minimum atomic E-state index is -0.248. The van der Waals surface area contributed by atoms with Gasteiger partial charge in [-0.1, -0.05) is 30.3 Å². The second-order valence-corrected chi connectivity index (χ2v) is 8.37. The molecule has 3 aromatic carbocycles. The number of amides is 1. The third-order valence-corrected chi connectivity index (χ3v) is 5.86. The highest BCUT2D eigenvalue weighted by Gasteiger charge is 2.13. The van der Waals surface area contributed by atoms with Crippen LogP contribution in [0.3, 0.4) is 0 Å². The number of halogens is 1. The summed E-state index contributed by atoms with van der Waals surface area (Å²) in [7, 11) is 0. The first-order valence-electron chi connectivity index (χ1n) is 9.72. The number of nitriles is 1. The molecule has 0 bridgehead atoms. The molecule has 0 radical (unpaired) electrons. The predicted molar refractivity (Wildman–Crippen MR) is 131 cm³/mol. The smallest absolute Gasteiger partial charge is 0.271 e. The molecule has 0 saturated carbocycles. The second kappa shape index (κ2) is 9.14. The Morgan fingerprint density at radius 3 is 2.68 bits per heavy atom. The number of rotatable bonds is 5. The van der Waals surface area contributed by atoms with Crippen LogP contribution in [0.4, 0.5) is 0 Å². The lowest BCUT2D eigenvalue weighted by Gasteiger charge is -2.09. The van der Waals surface area contributed by atoms with Gasteiger partial charge in [-0.05, 0) is 77.5 Å². The van der Waals surface area contributed by atoms with Crippen molar-refractivity contribution in [3.05, 3.63) is 104 Å². The van der Waals surface area contributed by atoms with E-state index in [9.17, 15) is 10.1 Å². The van der Waals surface area contributed by atoms with Crippen LogP contribution in [0, 0.1) is 21.8 Å². The normalized spacial score (nSPS) is 11.0. The molecule has 1 N–H and O–H groups in total. The topological polar surface area (TPSA) is 70.2 Å². The van der Waals surface area contributed by atoms with E-state index in [1.165, 1.54) is 0 Å². The molecule has 4 aromatic rings. The van der Waals surface area contributed by atoms with Gasteiger partial charge in [-0.3, -0.25) is 4.79 Å². The number of para-hydroxylation sites is 1. The maximum absolute atomic E-state index is 12.3. The summed E-state index contributed by atoms with van der Waals surface area (Å²) in [5.74, 6) is -0.248. The fraction of sp³-hybridized carbons (Fsp3) is 0.0800. The molecular formula is C25H19IN4O. The number of nitrogens with zero attached hydrogens (tertiary/aromatic N) is 3. The Labute approximate surface area is 194 Å². The molecule has 5 nitrogen and oxygen atoms in total. The number of fused-ring (bicyclic) bond motifs is 1. The Balaban J connectivity index is 1.63. The number of hydrogen-bond donors (Lipinski definition) is 1. The van der Waals surface area contributed by atoms with Gasteiger partial charge in [0.05, 0.1) is 17.8 Å². The van der Waals surface area contributed by atoms with Crippen molar-refractivity contribution >= 4 is 45.6 Å². The summed E-state index contributed by atoms with van der Waals surface area (Å²) < 4.78 is 3.27. The van der Waals surface area contributed by atoms with E-state index in [0.29, 0.717) is 17.7 Å². The quantitative estimate of drug-likeness (QED) is 0.223. The lowest BCUT2D eigenvalue weighted by atomic mass is 10.1.